The van der Waals surface area contributed by atoms with E-state index in [-0.39, 0.29) is 28.7 Å². The lowest BCUT2D eigenvalue weighted by atomic mass is 10.0. The average molecular weight is 315 g/mol. The number of rotatable bonds is 1. The van der Waals surface area contributed by atoms with Gasteiger partial charge in [-0.3, -0.25) is 0 Å². The molecule has 78 valence electrons. The van der Waals surface area contributed by atoms with Crippen molar-refractivity contribution in [3.63, 3.8) is 0 Å². The first-order chi connectivity index (χ1) is 5.43. The quantitative estimate of drug-likeness (QED) is 0.451. The molecule has 1 rings (SSSR count). The first-order valence-electron chi connectivity index (χ1n) is 4.08. The Morgan fingerprint density at radius 1 is 1.54 bits per heavy atom. The molecule has 1 atom stereocenters. The number of nitrogens with two attached hydrogens (primary N) is 1. The van der Waals surface area contributed by atoms with Crippen molar-refractivity contribution in [2.75, 3.05) is 19.8 Å². The number of hydrogen-bond acceptors (Lipinski definition) is 2. The van der Waals surface area contributed by atoms with Crippen LogP contribution < -0.4 is 5.73 Å². The summed E-state index contributed by atoms with van der Waals surface area (Å²) < 4.78 is 0.278. The number of aliphatic imine (C=N–C) groups is 1. The molecule has 13 heavy (non-hydrogen) atoms. The summed E-state index contributed by atoms with van der Waals surface area (Å²) in [5, 5.41) is 0. The van der Waals surface area contributed by atoms with Crippen LogP contribution in [0.15, 0.2) is 4.99 Å². The normalized spacial score (nSPS) is 25.8. The van der Waals surface area contributed by atoms with Gasteiger partial charge in [0.2, 0.25) is 0 Å². The van der Waals surface area contributed by atoms with Gasteiger partial charge in [0.15, 0.2) is 5.96 Å². The third kappa shape index (κ3) is 3.19. The second-order valence-electron chi connectivity index (χ2n) is 3.81. The zero-order valence-corrected chi connectivity index (χ0v) is 11.7. The zero-order valence-electron chi connectivity index (χ0n) is 8.57. The molecule has 0 aliphatic carbocycles. The van der Waals surface area contributed by atoms with Gasteiger partial charge in [-0.25, -0.2) is 4.99 Å². The largest absolute Gasteiger partial charge is 0.370 e. The third-order valence-corrected chi connectivity index (χ3v) is 3.66. The van der Waals surface area contributed by atoms with E-state index in [1.807, 2.05) is 30.8 Å². The van der Waals surface area contributed by atoms with Crippen molar-refractivity contribution >= 4 is 41.7 Å². The highest BCUT2D eigenvalue weighted by Gasteiger charge is 2.39. The Morgan fingerprint density at radius 2 is 2.08 bits per heavy atom. The Balaban J connectivity index is 0.00000144. The third-order valence-electron chi connectivity index (χ3n) is 2.16. The molecule has 0 spiro atoms. The lowest BCUT2D eigenvalue weighted by Gasteiger charge is -2.41. The summed E-state index contributed by atoms with van der Waals surface area (Å²) in [5.41, 5.74) is 5.71. The number of halogens is 1. The summed E-state index contributed by atoms with van der Waals surface area (Å²) >= 11 is 1.94. The van der Waals surface area contributed by atoms with Crippen molar-refractivity contribution in [2.45, 2.75) is 24.6 Å². The van der Waals surface area contributed by atoms with Crippen molar-refractivity contribution in [1.29, 1.82) is 0 Å². The Kier molecular flexibility index (Phi) is 4.85. The number of guanidine groups is 1. The molecule has 0 amide bonds. The first-order valence-corrected chi connectivity index (χ1v) is 5.06. The first kappa shape index (κ1) is 13.4. The second kappa shape index (κ2) is 4.72. The highest BCUT2D eigenvalue weighted by molar-refractivity contribution is 14.0. The van der Waals surface area contributed by atoms with Crippen LogP contribution in [-0.2, 0) is 0 Å². The minimum Gasteiger partial charge on any atom is -0.370 e. The van der Waals surface area contributed by atoms with Crippen LogP contribution in [0, 0.1) is 0 Å². The molecule has 1 heterocycles. The highest BCUT2D eigenvalue weighted by Crippen LogP contribution is 2.41. The van der Waals surface area contributed by atoms with E-state index in [1.165, 1.54) is 0 Å². The van der Waals surface area contributed by atoms with Gasteiger partial charge in [0, 0.05) is 24.6 Å². The van der Waals surface area contributed by atoms with Gasteiger partial charge in [-0.15, -0.1) is 24.0 Å². The molecular formula is C8H18IN3S. The van der Waals surface area contributed by atoms with E-state index in [0.717, 1.165) is 5.75 Å². The molecule has 0 radical (unpaired) electrons. The molecule has 0 aromatic heterocycles. The van der Waals surface area contributed by atoms with Crippen molar-refractivity contribution in [3.05, 3.63) is 0 Å². The van der Waals surface area contributed by atoms with Crippen LogP contribution in [0.3, 0.4) is 0 Å². The maximum Gasteiger partial charge on any atom is 0.191 e. The van der Waals surface area contributed by atoms with E-state index >= 15 is 0 Å². The van der Waals surface area contributed by atoms with Gasteiger partial charge in [0.25, 0.3) is 0 Å². The summed E-state index contributed by atoms with van der Waals surface area (Å²) in [7, 11) is 3.83. The molecule has 0 aromatic rings. The van der Waals surface area contributed by atoms with Crippen molar-refractivity contribution in [2.24, 2.45) is 10.7 Å². The molecular weight excluding hydrogens is 297 g/mol. The smallest absolute Gasteiger partial charge is 0.191 e. The second-order valence-corrected chi connectivity index (χ2v) is 5.49. The summed E-state index contributed by atoms with van der Waals surface area (Å²) in [6.45, 7) is 4.41. The van der Waals surface area contributed by atoms with Gasteiger partial charge in [-0.05, 0) is 13.8 Å². The van der Waals surface area contributed by atoms with Gasteiger partial charge < -0.3 is 10.6 Å². The van der Waals surface area contributed by atoms with Crippen molar-refractivity contribution in [3.8, 4) is 0 Å². The topological polar surface area (TPSA) is 41.6 Å². The number of nitrogens with zero attached hydrogens (tertiary/aromatic N) is 2. The van der Waals surface area contributed by atoms with Crippen LogP contribution >= 0.6 is 35.7 Å². The van der Waals surface area contributed by atoms with Gasteiger partial charge >= 0.3 is 0 Å². The lowest BCUT2D eigenvalue weighted by Crippen LogP contribution is -2.46. The van der Waals surface area contributed by atoms with Gasteiger partial charge in [-0.1, -0.05) is 0 Å². The maximum atomic E-state index is 5.71. The molecule has 1 aliphatic heterocycles. The highest BCUT2D eigenvalue weighted by atomic mass is 127. The van der Waals surface area contributed by atoms with Crippen LogP contribution in [0.5, 0.6) is 0 Å². The van der Waals surface area contributed by atoms with E-state index in [0.29, 0.717) is 12.0 Å². The standard InChI is InChI=1S/C8H17N3S.HI/c1-8(2)6(5-12-8)10-7(9)11(3)4;/h6H,5H2,1-4H3,(H2,9,10);1H. The average Bonchev–Trinajstić information content (AvgIpc) is 1.97. The Morgan fingerprint density at radius 3 is 2.31 bits per heavy atom. The van der Waals surface area contributed by atoms with Crippen LogP contribution in [0.4, 0.5) is 0 Å². The van der Waals surface area contributed by atoms with Gasteiger partial charge in [-0.2, -0.15) is 11.8 Å². The zero-order chi connectivity index (χ0) is 9.35. The Labute approximate surface area is 102 Å². The number of thioether (sulfide) groups is 1. The molecule has 5 heteroatoms. The number of hydrogen-bond donors (Lipinski definition) is 1. The molecule has 0 bridgehead atoms. The monoisotopic (exact) mass is 315 g/mol. The predicted molar refractivity (Wildman–Crippen MR) is 71.0 cm³/mol. The SMILES string of the molecule is CN(C)C(N)=NC1CSC1(C)C.I. The molecule has 1 aliphatic rings. The van der Waals surface area contributed by atoms with Gasteiger partial charge in [0.1, 0.15) is 0 Å². The van der Waals surface area contributed by atoms with E-state index in [4.69, 9.17) is 5.73 Å². The van der Waals surface area contributed by atoms with E-state index < -0.39 is 0 Å². The lowest BCUT2D eigenvalue weighted by molar-refractivity contribution is 0.526. The van der Waals surface area contributed by atoms with Crippen LogP contribution in [-0.4, -0.2) is 41.5 Å². The fourth-order valence-electron chi connectivity index (χ4n) is 0.959. The van der Waals surface area contributed by atoms with Crippen LogP contribution in [0.1, 0.15) is 13.8 Å². The summed E-state index contributed by atoms with van der Waals surface area (Å²) in [5.74, 6) is 1.73. The summed E-state index contributed by atoms with van der Waals surface area (Å²) in [4.78, 5) is 6.28. The van der Waals surface area contributed by atoms with Gasteiger partial charge in [0.05, 0.1) is 6.04 Å². The maximum absolute atomic E-state index is 5.71. The van der Waals surface area contributed by atoms with Crippen LogP contribution in [0.25, 0.3) is 0 Å². The molecule has 1 unspecified atom stereocenters. The van der Waals surface area contributed by atoms with Crippen molar-refractivity contribution in [1.82, 2.24) is 4.90 Å². The molecule has 1 saturated heterocycles. The minimum absolute atomic E-state index is 0. The molecule has 3 nitrogen and oxygen atoms in total. The fourth-order valence-corrected chi connectivity index (χ4v) is 2.07. The predicted octanol–water partition coefficient (Wildman–Crippen LogP) is 1.37. The molecule has 0 saturated carbocycles. The van der Waals surface area contributed by atoms with Crippen LogP contribution in [0.2, 0.25) is 0 Å². The minimum atomic E-state index is 0. The molecule has 1 fully saturated rings. The summed E-state index contributed by atoms with van der Waals surface area (Å²) in [6.07, 6.45) is 0. The molecule has 0 aromatic carbocycles. The van der Waals surface area contributed by atoms with E-state index in [9.17, 15) is 0 Å². The van der Waals surface area contributed by atoms with Crippen molar-refractivity contribution < 1.29 is 0 Å². The van der Waals surface area contributed by atoms with E-state index in [2.05, 4.69) is 18.8 Å². The van der Waals surface area contributed by atoms with E-state index in [1.54, 1.807) is 0 Å². The molecule has 2 N–H and O–H groups in total. The fraction of sp³-hybridized carbons (Fsp3) is 0.875. The Bertz CT molecular complexity index is 204. The summed E-state index contributed by atoms with van der Waals surface area (Å²) in [6, 6.07) is 0.393. The Hall–Kier alpha value is 0.350.